The molecule has 18 N–H and O–H groups in total. The van der Waals surface area contributed by atoms with Crippen LogP contribution in [0.25, 0.3) is 0 Å². The fourth-order valence-corrected chi connectivity index (χ4v) is 7.44. The number of hydrogen-bond donors (Lipinski definition) is 16. The van der Waals surface area contributed by atoms with Crippen LogP contribution in [0, 0.1) is 0 Å². The van der Waals surface area contributed by atoms with Crippen molar-refractivity contribution in [2.45, 2.75) is 138 Å². The van der Waals surface area contributed by atoms with Crippen LogP contribution < -0.4 is 54.0 Å². The van der Waals surface area contributed by atoms with Gasteiger partial charge in [-0.25, -0.2) is 9.59 Å². The van der Waals surface area contributed by atoms with Crippen molar-refractivity contribution in [2.75, 3.05) is 26.3 Å². The highest BCUT2D eigenvalue weighted by atomic mass is 16.4. The van der Waals surface area contributed by atoms with E-state index in [1.54, 1.807) is 0 Å². The summed E-state index contributed by atoms with van der Waals surface area (Å²) in [6.07, 6.45) is -0.197. The SMILES string of the molecule is C[C@@](CCCC[C@](C)(NC(=O)[C@H](CC(=O)O)NC(=O)[C@H](CO)NC(=O)c1ccccn1)C(=O)N[C@@H](CCCCN)C(=O)O)(NC(=O)[C@H](CC(=O)O)NC(=O)[C@H](CO)NC(=O)c1ccccn1)C(=O)N[C@@H](CCCCN)C(=O)O. The van der Waals surface area contributed by atoms with Gasteiger partial charge in [-0.2, -0.15) is 0 Å². The lowest BCUT2D eigenvalue weighted by Crippen LogP contribution is -2.64. The van der Waals surface area contributed by atoms with Gasteiger partial charge in [-0.15, -0.1) is 0 Å². The van der Waals surface area contributed by atoms with Gasteiger partial charge in [0.15, 0.2) is 0 Å². The highest BCUT2D eigenvalue weighted by Gasteiger charge is 2.42. The van der Waals surface area contributed by atoms with E-state index < -0.39 is 157 Å². The Labute approximate surface area is 447 Å². The molecule has 0 saturated carbocycles. The van der Waals surface area contributed by atoms with Crippen molar-refractivity contribution in [1.82, 2.24) is 52.5 Å². The lowest BCUT2D eigenvalue weighted by molar-refractivity contribution is -0.145. The van der Waals surface area contributed by atoms with Gasteiger partial charge in [-0.3, -0.25) is 57.9 Å². The first-order chi connectivity index (χ1) is 36.8. The van der Waals surface area contributed by atoms with Crippen molar-refractivity contribution < 1.29 is 88.2 Å². The lowest BCUT2D eigenvalue weighted by Gasteiger charge is -2.34. The summed E-state index contributed by atoms with van der Waals surface area (Å²) in [5.74, 6) is -15.5. The number of aliphatic hydroxyl groups excluding tert-OH is 2. The Balaban J connectivity index is 2.56. The third-order valence-corrected chi connectivity index (χ3v) is 11.9. The summed E-state index contributed by atoms with van der Waals surface area (Å²) in [5, 5.41) is 77.6. The Kier molecular flexibility index (Phi) is 27.9. The maximum Gasteiger partial charge on any atom is 0.326 e. The van der Waals surface area contributed by atoms with E-state index in [1.807, 2.05) is 0 Å². The molecule has 0 radical (unpaired) electrons. The average Bonchev–Trinajstić information content (AvgIpc) is 3.39. The first-order valence-electron chi connectivity index (χ1n) is 24.7. The van der Waals surface area contributed by atoms with Crippen molar-refractivity contribution >= 4 is 71.1 Å². The third-order valence-electron chi connectivity index (χ3n) is 11.9. The zero-order chi connectivity index (χ0) is 58.6. The number of nitrogens with one attached hydrogen (secondary N) is 8. The fourth-order valence-electron chi connectivity index (χ4n) is 7.44. The maximum atomic E-state index is 14.2. The smallest absolute Gasteiger partial charge is 0.326 e. The van der Waals surface area contributed by atoms with E-state index in [-0.39, 0.29) is 63.0 Å². The molecule has 0 aliphatic carbocycles. The van der Waals surface area contributed by atoms with Gasteiger partial charge in [-0.05, 0) is 103 Å². The van der Waals surface area contributed by atoms with Crippen LogP contribution in [0.5, 0.6) is 0 Å². The molecule has 2 rings (SSSR count). The van der Waals surface area contributed by atoms with Crippen LogP contribution in [0.1, 0.15) is 112 Å². The molecule has 0 aliphatic rings. The predicted octanol–water partition coefficient (Wildman–Crippen LogP) is -4.02. The summed E-state index contributed by atoms with van der Waals surface area (Å²) in [5.41, 5.74) is 6.40. The molecular weight excluding hydrogens is 1030 g/mol. The Hall–Kier alpha value is -8.22. The van der Waals surface area contributed by atoms with Gasteiger partial charge in [0.25, 0.3) is 11.8 Å². The zero-order valence-electron chi connectivity index (χ0n) is 43.0. The molecule has 2 aromatic heterocycles. The second-order valence-corrected chi connectivity index (χ2v) is 18.3. The van der Waals surface area contributed by atoms with Crippen molar-refractivity contribution in [2.24, 2.45) is 11.5 Å². The zero-order valence-corrected chi connectivity index (χ0v) is 43.0. The minimum Gasteiger partial charge on any atom is -0.481 e. The van der Waals surface area contributed by atoms with Crippen molar-refractivity contribution in [3.8, 4) is 0 Å². The molecule has 0 spiro atoms. The maximum absolute atomic E-state index is 14.2. The minimum atomic E-state index is -2.20. The van der Waals surface area contributed by atoms with E-state index in [2.05, 4.69) is 52.5 Å². The number of amides is 8. The van der Waals surface area contributed by atoms with Crippen molar-refractivity contribution in [1.29, 1.82) is 0 Å². The van der Waals surface area contributed by atoms with E-state index in [0.717, 1.165) is 13.8 Å². The number of carboxylic acid groups (broad SMARTS) is 4. The Morgan fingerprint density at radius 1 is 0.474 bits per heavy atom. The van der Waals surface area contributed by atoms with Crippen LogP contribution in [0.4, 0.5) is 0 Å². The second kappa shape index (κ2) is 33.0. The number of pyridine rings is 2. The summed E-state index contributed by atoms with van der Waals surface area (Å²) in [6, 6.07) is -2.15. The molecule has 30 nitrogen and oxygen atoms in total. The number of carbonyl (C=O) groups excluding carboxylic acids is 8. The van der Waals surface area contributed by atoms with Crippen LogP contribution in [-0.2, 0) is 47.9 Å². The Morgan fingerprint density at radius 3 is 1.12 bits per heavy atom. The van der Waals surface area contributed by atoms with E-state index >= 15 is 0 Å². The van der Waals surface area contributed by atoms with Gasteiger partial charge < -0.3 is 84.6 Å². The number of aromatic nitrogens is 2. The molecule has 0 aliphatic heterocycles. The Morgan fingerprint density at radius 2 is 0.833 bits per heavy atom. The van der Waals surface area contributed by atoms with E-state index in [1.165, 1.54) is 48.8 Å². The molecule has 0 fully saturated rings. The fraction of sp³-hybridized carbons (Fsp3) is 0.542. The largest absolute Gasteiger partial charge is 0.481 e. The van der Waals surface area contributed by atoms with Crippen molar-refractivity contribution in [3.63, 3.8) is 0 Å². The first kappa shape index (κ1) is 65.9. The molecule has 2 heterocycles. The van der Waals surface area contributed by atoms with Gasteiger partial charge in [-0.1, -0.05) is 25.0 Å². The molecule has 8 amide bonds. The molecule has 30 heteroatoms. The number of carbonyl (C=O) groups is 12. The highest BCUT2D eigenvalue weighted by Crippen LogP contribution is 2.22. The number of hydrogen-bond acceptors (Lipinski definition) is 18. The van der Waals surface area contributed by atoms with Gasteiger partial charge in [0, 0.05) is 12.4 Å². The summed E-state index contributed by atoms with van der Waals surface area (Å²) < 4.78 is 0. The predicted molar refractivity (Wildman–Crippen MR) is 270 cm³/mol. The van der Waals surface area contributed by atoms with Crippen molar-refractivity contribution in [3.05, 3.63) is 60.2 Å². The van der Waals surface area contributed by atoms with Gasteiger partial charge in [0.2, 0.25) is 35.4 Å². The second-order valence-electron chi connectivity index (χ2n) is 18.3. The molecule has 2 aromatic rings. The van der Waals surface area contributed by atoms with Crippen LogP contribution >= 0.6 is 0 Å². The summed E-state index contributed by atoms with van der Waals surface area (Å²) in [4.78, 5) is 165. The number of rotatable bonds is 37. The molecule has 78 heavy (non-hydrogen) atoms. The van der Waals surface area contributed by atoms with E-state index in [4.69, 9.17) is 11.5 Å². The number of nitrogens with two attached hydrogens (primary N) is 2. The lowest BCUT2D eigenvalue weighted by atomic mass is 9.87. The standard InChI is InChI=1S/C48H70N12O18/c1-47(45(77)57-29(43(73)74)15-3-9-19-49,59-41(71)31(23-35(63)64)53-39(69)33(25-61)55-37(67)27-13-5-11-21-51-27)17-7-8-18-48(2,46(78)58-30(44(75)76)16-4-10-20-50)60-42(72)32(24-36(65)66)54-40(70)34(26-62)56-38(68)28-14-6-12-22-52-28/h5-6,11-14,21-22,29-34,61-62H,3-4,7-10,15-20,23-26,49-50H2,1-2H3,(H,53,69)(H,54,70)(H,55,67)(H,56,68)(H,57,77)(H,58,78)(H,59,71)(H,60,72)(H,63,64)(H,65,66)(H,73,74)(H,75,76)/t29-,30-,31-,32-,33-,34-,47-,48-/m0/s1. The summed E-state index contributed by atoms with van der Waals surface area (Å²) in [6.45, 7) is 0.550. The molecule has 0 unspecified atom stereocenters. The van der Waals surface area contributed by atoms with Crippen LogP contribution in [0.2, 0.25) is 0 Å². The average molecular weight is 1100 g/mol. The minimum absolute atomic E-state index is 0.132. The number of unbranched alkanes of at least 4 members (excludes halogenated alkanes) is 3. The molecule has 430 valence electrons. The van der Waals surface area contributed by atoms with Gasteiger partial charge in [0.05, 0.1) is 26.1 Å². The quantitative estimate of drug-likeness (QED) is 0.0287. The molecule has 8 atom stereocenters. The van der Waals surface area contributed by atoms with Gasteiger partial charge >= 0.3 is 23.9 Å². The van der Waals surface area contributed by atoms with Gasteiger partial charge in [0.1, 0.15) is 58.7 Å². The monoisotopic (exact) mass is 1100 g/mol. The summed E-state index contributed by atoms with van der Waals surface area (Å²) in [7, 11) is 0. The third kappa shape index (κ3) is 22.2. The number of carboxylic acids is 4. The molecular formula is C48H70N12O18. The van der Waals surface area contributed by atoms with E-state index in [0.29, 0.717) is 12.8 Å². The number of nitrogens with zero attached hydrogens (tertiary/aromatic N) is 2. The number of aliphatic carboxylic acids is 4. The summed E-state index contributed by atoms with van der Waals surface area (Å²) >= 11 is 0. The van der Waals surface area contributed by atoms with E-state index in [9.17, 15) is 88.2 Å². The highest BCUT2D eigenvalue weighted by molar-refractivity contribution is 6.01. The first-order valence-corrected chi connectivity index (χ1v) is 24.7. The van der Waals surface area contributed by atoms with Crippen LogP contribution in [0.15, 0.2) is 48.8 Å². The van der Waals surface area contributed by atoms with Crippen LogP contribution in [-0.4, -0.2) is 185 Å². The van der Waals surface area contributed by atoms with Crippen LogP contribution in [0.3, 0.4) is 0 Å². The molecule has 0 bridgehead atoms. The Bertz CT molecular complexity index is 2240. The number of aliphatic hydroxyl groups is 2. The molecule has 0 saturated heterocycles. The normalized spacial score (nSPS) is 14.8. The molecule has 0 aromatic carbocycles. The topological polar surface area (TPSA) is 500 Å².